The Kier molecular flexibility index (Phi) is 5.44. The first-order chi connectivity index (χ1) is 13.3. The second kappa shape index (κ2) is 8.31. The first-order valence-electron chi connectivity index (χ1n) is 9.13. The minimum atomic E-state index is -0.0425. The highest BCUT2D eigenvalue weighted by molar-refractivity contribution is 7.09. The number of aryl methyl sites for hydroxylation is 1. The van der Waals surface area contributed by atoms with Crippen molar-refractivity contribution in [2.24, 2.45) is 0 Å². The molecule has 0 unspecified atom stereocenters. The molecule has 0 fully saturated rings. The second-order valence-corrected chi connectivity index (χ2v) is 7.60. The van der Waals surface area contributed by atoms with Crippen molar-refractivity contribution in [2.75, 3.05) is 6.54 Å². The van der Waals surface area contributed by atoms with Crippen LogP contribution in [0.25, 0.3) is 11.3 Å². The van der Waals surface area contributed by atoms with Crippen molar-refractivity contribution in [3.8, 4) is 17.0 Å². The molecular weight excluding hydrogens is 358 g/mol. The Morgan fingerprint density at radius 3 is 3.04 bits per heavy atom. The molecule has 5 nitrogen and oxygen atoms in total. The van der Waals surface area contributed by atoms with Crippen LogP contribution in [0, 0.1) is 0 Å². The monoisotopic (exact) mass is 379 g/mol. The van der Waals surface area contributed by atoms with Crippen LogP contribution in [0.3, 0.4) is 0 Å². The van der Waals surface area contributed by atoms with Crippen molar-refractivity contribution in [1.82, 2.24) is 15.3 Å². The van der Waals surface area contributed by atoms with Gasteiger partial charge in [-0.3, -0.25) is 14.8 Å². The van der Waals surface area contributed by atoms with Gasteiger partial charge >= 0.3 is 0 Å². The lowest BCUT2D eigenvalue weighted by molar-refractivity contribution is -0.121. The molecule has 0 aliphatic carbocycles. The molecule has 1 aliphatic rings. The maximum Gasteiger partial charge on any atom is 0.220 e. The van der Waals surface area contributed by atoms with Crippen LogP contribution in [-0.2, 0) is 17.6 Å². The summed E-state index contributed by atoms with van der Waals surface area (Å²) in [4.78, 5) is 21.9. The Labute approximate surface area is 162 Å². The summed E-state index contributed by atoms with van der Waals surface area (Å²) in [5, 5.41) is 5.08. The third kappa shape index (κ3) is 4.34. The zero-order valence-electron chi connectivity index (χ0n) is 14.9. The van der Waals surface area contributed by atoms with Gasteiger partial charge in [0.15, 0.2) is 0 Å². The molecule has 3 heterocycles. The highest BCUT2D eigenvalue weighted by atomic mass is 32.1. The maximum atomic E-state index is 12.1. The van der Waals surface area contributed by atoms with Crippen molar-refractivity contribution >= 4 is 17.2 Å². The Hall–Kier alpha value is -2.73. The zero-order valence-corrected chi connectivity index (χ0v) is 15.7. The first kappa shape index (κ1) is 17.7. The van der Waals surface area contributed by atoms with Gasteiger partial charge in [-0.05, 0) is 35.9 Å². The van der Waals surface area contributed by atoms with Gasteiger partial charge in [-0.15, -0.1) is 11.3 Å². The first-order valence-corrected chi connectivity index (χ1v) is 10.0. The molecule has 0 spiro atoms. The van der Waals surface area contributed by atoms with E-state index in [9.17, 15) is 4.79 Å². The molecule has 1 atom stereocenters. The quantitative estimate of drug-likeness (QED) is 0.681. The second-order valence-electron chi connectivity index (χ2n) is 6.57. The molecule has 0 saturated heterocycles. The van der Waals surface area contributed by atoms with Crippen molar-refractivity contribution in [3.05, 3.63) is 64.7 Å². The summed E-state index contributed by atoms with van der Waals surface area (Å²) in [6, 6.07) is 10.2. The van der Waals surface area contributed by atoms with Crippen molar-refractivity contribution in [2.45, 2.75) is 31.8 Å². The number of hydrogen-bond acceptors (Lipinski definition) is 5. The summed E-state index contributed by atoms with van der Waals surface area (Å²) in [7, 11) is 0. The van der Waals surface area contributed by atoms with Crippen LogP contribution in [0.1, 0.15) is 23.3 Å². The average Bonchev–Trinajstić information content (AvgIpc) is 3.36. The summed E-state index contributed by atoms with van der Waals surface area (Å²) in [5.41, 5.74) is 2.90. The Bertz CT molecular complexity index is 897. The smallest absolute Gasteiger partial charge is 0.220 e. The van der Waals surface area contributed by atoms with Crippen LogP contribution in [-0.4, -0.2) is 28.5 Å². The van der Waals surface area contributed by atoms with E-state index in [2.05, 4.69) is 32.8 Å². The van der Waals surface area contributed by atoms with Crippen LogP contribution in [0.15, 0.2) is 54.3 Å². The summed E-state index contributed by atoms with van der Waals surface area (Å²) >= 11 is 1.74. The van der Waals surface area contributed by atoms with Crippen LogP contribution < -0.4 is 10.1 Å². The molecule has 2 aromatic heterocycles. The van der Waals surface area contributed by atoms with Gasteiger partial charge in [0.25, 0.3) is 0 Å². The SMILES string of the molecule is O=C(CCCc1cccs1)NC[C@@H]1Cc2cccc(-c3cnccn3)c2O1. The normalized spacial score (nSPS) is 15.2. The minimum Gasteiger partial charge on any atom is -0.487 e. The number of carbonyl (C=O) groups excluding carboxylic acids is 1. The van der Waals surface area contributed by atoms with Crippen molar-refractivity contribution in [3.63, 3.8) is 0 Å². The highest BCUT2D eigenvalue weighted by Gasteiger charge is 2.26. The van der Waals surface area contributed by atoms with Gasteiger partial charge in [-0.1, -0.05) is 18.2 Å². The van der Waals surface area contributed by atoms with Crippen LogP contribution in [0.4, 0.5) is 0 Å². The van der Waals surface area contributed by atoms with Gasteiger partial charge in [-0.2, -0.15) is 0 Å². The van der Waals surface area contributed by atoms with E-state index in [1.807, 2.05) is 18.2 Å². The summed E-state index contributed by atoms with van der Waals surface area (Å²) in [6.45, 7) is 0.520. The number of ether oxygens (including phenoxy) is 1. The third-order valence-corrected chi connectivity index (χ3v) is 5.54. The van der Waals surface area contributed by atoms with Crippen LogP contribution in [0.5, 0.6) is 5.75 Å². The lowest BCUT2D eigenvalue weighted by atomic mass is 10.0. The van der Waals surface area contributed by atoms with Crippen LogP contribution >= 0.6 is 11.3 Å². The Morgan fingerprint density at radius 2 is 2.22 bits per heavy atom. The van der Waals surface area contributed by atoms with Gasteiger partial charge in [0.2, 0.25) is 5.91 Å². The lowest BCUT2D eigenvalue weighted by Crippen LogP contribution is -2.34. The molecule has 1 aromatic carbocycles. The summed E-state index contributed by atoms with van der Waals surface area (Å²) in [5.74, 6) is 0.940. The number of benzene rings is 1. The molecule has 0 saturated carbocycles. The number of rotatable bonds is 7. The number of hydrogen-bond donors (Lipinski definition) is 1. The number of aromatic nitrogens is 2. The van der Waals surface area contributed by atoms with Crippen molar-refractivity contribution < 1.29 is 9.53 Å². The summed E-state index contributed by atoms with van der Waals surface area (Å²) in [6.07, 6.45) is 8.19. The number of nitrogens with one attached hydrogen (secondary N) is 1. The molecule has 6 heteroatoms. The van der Waals surface area contributed by atoms with Gasteiger partial charge in [0, 0.05) is 35.7 Å². The van der Waals surface area contributed by atoms with Gasteiger partial charge in [-0.25, -0.2) is 0 Å². The fourth-order valence-corrected chi connectivity index (χ4v) is 4.04. The van der Waals surface area contributed by atoms with E-state index in [-0.39, 0.29) is 12.0 Å². The standard InChI is InChI=1S/C21H21N3O2S/c25-20(8-2-5-17-6-3-11-27-17)24-13-16-12-15-4-1-7-18(21(15)26-16)19-14-22-9-10-23-19/h1,3-4,6-7,9-11,14,16H,2,5,8,12-13H2,(H,24,25)/t16-/m0/s1. The molecule has 0 radical (unpaired) electrons. The van der Waals surface area contributed by atoms with Gasteiger partial charge in [0.05, 0.1) is 18.4 Å². The Balaban J connectivity index is 1.29. The third-order valence-electron chi connectivity index (χ3n) is 4.60. The average molecular weight is 379 g/mol. The van der Waals surface area contributed by atoms with E-state index in [0.717, 1.165) is 41.8 Å². The lowest BCUT2D eigenvalue weighted by Gasteiger charge is -2.13. The maximum absolute atomic E-state index is 12.1. The number of amides is 1. The van der Waals surface area contributed by atoms with E-state index in [1.54, 1.807) is 29.9 Å². The van der Waals surface area contributed by atoms with E-state index < -0.39 is 0 Å². The van der Waals surface area contributed by atoms with E-state index >= 15 is 0 Å². The molecule has 4 rings (SSSR count). The topological polar surface area (TPSA) is 64.1 Å². The predicted molar refractivity (Wildman–Crippen MR) is 106 cm³/mol. The molecular formula is C21H21N3O2S. The molecule has 1 amide bonds. The van der Waals surface area contributed by atoms with Crippen LogP contribution in [0.2, 0.25) is 0 Å². The fourth-order valence-electron chi connectivity index (χ4n) is 3.29. The summed E-state index contributed by atoms with van der Waals surface area (Å²) < 4.78 is 6.13. The molecule has 1 N–H and O–H groups in total. The number of carbonyl (C=O) groups is 1. The van der Waals surface area contributed by atoms with E-state index in [0.29, 0.717) is 13.0 Å². The highest BCUT2D eigenvalue weighted by Crippen LogP contribution is 2.37. The molecule has 138 valence electrons. The number of fused-ring (bicyclic) bond motifs is 1. The number of thiophene rings is 1. The fraction of sp³-hybridized carbons (Fsp3) is 0.286. The number of nitrogens with zero attached hydrogens (tertiary/aromatic N) is 2. The molecule has 27 heavy (non-hydrogen) atoms. The van der Waals surface area contributed by atoms with Crippen molar-refractivity contribution in [1.29, 1.82) is 0 Å². The minimum absolute atomic E-state index is 0.0425. The zero-order chi connectivity index (χ0) is 18.5. The largest absolute Gasteiger partial charge is 0.487 e. The van der Waals surface area contributed by atoms with E-state index in [4.69, 9.17) is 4.74 Å². The van der Waals surface area contributed by atoms with E-state index in [1.165, 1.54) is 4.88 Å². The molecule has 1 aliphatic heterocycles. The Morgan fingerprint density at radius 1 is 1.26 bits per heavy atom. The van der Waals surface area contributed by atoms with Gasteiger partial charge < -0.3 is 10.1 Å². The molecule has 3 aromatic rings. The van der Waals surface area contributed by atoms with Gasteiger partial charge in [0.1, 0.15) is 11.9 Å². The number of para-hydroxylation sites is 1. The molecule has 0 bridgehead atoms. The predicted octanol–water partition coefficient (Wildman–Crippen LogP) is 3.65.